The monoisotopic (exact) mass is 339 g/mol. The van der Waals surface area contributed by atoms with E-state index in [-0.39, 0.29) is 30.8 Å². The Bertz CT molecular complexity index is 394. The van der Waals surface area contributed by atoms with Crippen LogP contribution in [0.4, 0.5) is 18.0 Å². The van der Waals surface area contributed by atoms with Gasteiger partial charge < -0.3 is 15.0 Å². The topological polar surface area (TPSA) is 44.8 Å². The number of ether oxygens (including phenoxy) is 1. The maximum atomic E-state index is 12.7. The number of hydrogen-bond donors (Lipinski definition) is 1. The number of nitrogens with zero attached hydrogens (tertiary/aromatic N) is 2. The van der Waals surface area contributed by atoms with E-state index in [1.807, 2.05) is 20.8 Å². The van der Waals surface area contributed by atoms with Gasteiger partial charge in [-0.3, -0.25) is 4.90 Å². The molecule has 0 saturated carbocycles. The number of halogens is 3. The van der Waals surface area contributed by atoms with Gasteiger partial charge in [-0.2, -0.15) is 13.2 Å². The number of methoxy groups -OCH3 is 1. The van der Waals surface area contributed by atoms with Crippen LogP contribution in [0.15, 0.2) is 0 Å². The van der Waals surface area contributed by atoms with Gasteiger partial charge in [0, 0.05) is 39.3 Å². The lowest BCUT2D eigenvalue weighted by atomic mass is 10.00. The predicted octanol–water partition coefficient (Wildman–Crippen LogP) is 2.47. The second-order valence-electron chi connectivity index (χ2n) is 6.76. The minimum Gasteiger partial charge on any atom is -0.379 e. The number of urea groups is 1. The average Bonchev–Trinajstić information content (AvgIpc) is 2.45. The van der Waals surface area contributed by atoms with Crippen molar-refractivity contribution < 1.29 is 22.7 Å². The van der Waals surface area contributed by atoms with Crippen LogP contribution in [-0.2, 0) is 4.74 Å². The molecule has 0 aromatic heterocycles. The zero-order valence-electron chi connectivity index (χ0n) is 14.5. The summed E-state index contributed by atoms with van der Waals surface area (Å²) in [6.07, 6.45) is -3.58. The number of amides is 2. The van der Waals surface area contributed by atoms with Gasteiger partial charge >= 0.3 is 12.2 Å². The van der Waals surface area contributed by atoms with Crippen molar-refractivity contribution in [2.45, 2.75) is 58.0 Å². The summed E-state index contributed by atoms with van der Waals surface area (Å²) in [5.74, 6) is 0. The van der Waals surface area contributed by atoms with Crippen LogP contribution in [0.25, 0.3) is 0 Å². The van der Waals surface area contributed by atoms with Crippen LogP contribution in [0, 0.1) is 0 Å². The molecule has 0 aromatic rings. The first kappa shape index (κ1) is 20.0. The van der Waals surface area contributed by atoms with Gasteiger partial charge in [0.15, 0.2) is 0 Å². The van der Waals surface area contributed by atoms with Gasteiger partial charge in [-0.05, 0) is 34.1 Å². The van der Waals surface area contributed by atoms with Gasteiger partial charge in [0.25, 0.3) is 0 Å². The standard InChI is InChI=1S/C15H28F3N3O2/c1-11(10-14(3,4)23-5)19-13(22)21-8-6-20(7-9-21)12(2)15(16,17)18/h11-12H,6-10H2,1-5H3,(H,19,22). The molecule has 0 aliphatic carbocycles. The summed E-state index contributed by atoms with van der Waals surface area (Å²) < 4.78 is 43.4. The van der Waals surface area contributed by atoms with E-state index in [1.165, 1.54) is 4.90 Å². The number of alkyl halides is 3. The third kappa shape index (κ3) is 6.18. The lowest BCUT2D eigenvalue weighted by Gasteiger charge is -2.39. The van der Waals surface area contributed by atoms with Crippen LogP contribution in [0.5, 0.6) is 0 Å². The maximum absolute atomic E-state index is 12.7. The van der Waals surface area contributed by atoms with E-state index >= 15 is 0 Å². The Morgan fingerprint density at radius 1 is 1.17 bits per heavy atom. The predicted molar refractivity (Wildman–Crippen MR) is 82.4 cm³/mol. The fraction of sp³-hybridized carbons (Fsp3) is 0.933. The highest BCUT2D eigenvalue weighted by Crippen LogP contribution is 2.25. The van der Waals surface area contributed by atoms with Gasteiger partial charge in [0.1, 0.15) is 6.04 Å². The molecular weight excluding hydrogens is 311 g/mol. The summed E-state index contributed by atoms with van der Waals surface area (Å²) in [7, 11) is 1.62. The molecular formula is C15H28F3N3O2. The fourth-order valence-corrected chi connectivity index (χ4v) is 2.69. The Hall–Kier alpha value is -1.02. The zero-order chi connectivity index (χ0) is 17.8. The summed E-state index contributed by atoms with van der Waals surface area (Å²) in [6.45, 7) is 7.97. The average molecular weight is 339 g/mol. The summed E-state index contributed by atoms with van der Waals surface area (Å²) in [4.78, 5) is 15.1. The van der Waals surface area contributed by atoms with Crippen molar-refractivity contribution >= 4 is 6.03 Å². The zero-order valence-corrected chi connectivity index (χ0v) is 14.5. The molecule has 0 bridgehead atoms. The molecule has 1 saturated heterocycles. The number of rotatable bonds is 5. The van der Waals surface area contributed by atoms with E-state index in [1.54, 1.807) is 12.0 Å². The van der Waals surface area contributed by atoms with Crippen molar-refractivity contribution in [2.75, 3.05) is 33.3 Å². The third-order valence-electron chi connectivity index (χ3n) is 4.34. The van der Waals surface area contributed by atoms with E-state index in [0.717, 1.165) is 6.92 Å². The fourth-order valence-electron chi connectivity index (χ4n) is 2.69. The molecule has 136 valence electrons. The van der Waals surface area contributed by atoms with Crippen molar-refractivity contribution in [3.05, 3.63) is 0 Å². The maximum Gasteiger partial charge on any atom is 0.403 e. The van der Waals surface area contributed by atoms with Crippen molar-refractivity contribution in [1.82, 2.24) is 15.1 Å². The van der Waals surface area contributed by atoms with Gasteiger partial charge in [0.05, 0.1) is 5.60 Å². The SMILES string of the molecule is COC(C)(C)CC(C)NC(=O)N1CCN(C(C)C(F)(F)F)CC1. The number of carbonyl (C=O) groups is 1. The quantitative estimate of drug-likeness (QED) is 0.837. The van der Waals surface area contributed by atoms with Gasteiger partial charge in [-0.25, -0.2) is 4.79 Å². The van der Waals surface area contributed by atoms with E-state index in [9.17, 15) is 18.0 Å². The first-order valence-corrected chi connectivity index (χ1v) is 7.87. The first-order chi connectivity index (χ1) is 10.5. The molecule has 0 radical (unpaired) electrons. The van der Waals surface area contributed by atoms with Crippen LogP contribution in [0.2, 0.25) is 0 Å². The Kier molecular flexibility index (Phi) is 6.70. The van der Waals surface area contributed by atoms with Crippen molar-refractivity contribution in [1.29, 1.82) is 0 Å². The molecule has 1 heterocycles. The molecule has 23 heavy (non-hydrogen) atoms. The Balaban J connectivity index is 2.44. The molecule has 1 aliphatic rings. The van der Waals surface area contributed by atoms with E-state index in [2.05, 4.69) is 5.32 Å². The summed E-state index contributed by atoms with van der Waals surface area (Å²) >= 11 is 0. The van der Waals surface area contributed by atoms with E-state index in [4.69, 9.17) is 4.74 Å². The molecule has 5 nitrogen and oxygen atoms in total. The molecule has 2 atom stereocenters. The number of piperazine rings is 1. The van der Waals surface area contributed by atoms with E-state index in [0.29, 0.717) is 19.5 Å². The molecule has 0 spiro atoms. The molecule has 1 rings (SSSR count). The number of carbonyl (C=O) groups excluding carboxylic acids is 1. The van der Waals surface area contributed by atoms with Crippen LogP contribution in [0.1, 0.15) is 34.1 Å². The number of nitrogens with one attached hydrogen (secondary N) is 1. The van der Waals surface area contributed by atoms with E-state index < -0.39 is 12.2 Å². The van der Waals surface area contributed by atoms with Gasteiger partial charge in [0.2, 0.25) is 0 Å². The summed E-state index contributed by atoms with van der Waals surface area (Å²) in [5, 5.41) is 2.88. The van der Waals surface area contributed by atoms with Crippen molar-refractivity contribution in [3.8, 4) is 0 Å². The second kappa shape index (κ2) is 7.70. The summed E-state index contributed by atoms with van der Waals surface area (Å²) in [5.41, 5.74) is -0.340. The lowest BCUT2D eigenvalue weighted by molar-refractivity contribution is -0.181. The molecule has 0 aromatic carbocycles. The van der Waals surface area contributed by atoms with Crippen molar-refractivity contribution in [3.63, 3.8) is 0 Å². The molecule has 1 N–H and O–H groups in total. The lowest BCUT2D eigenvalue weighted by Crippen LogP contribution is -2.57. The molecule has 8 heteroatoms. The normalized spacial score (nSPS) is 20.3. The minimum atomic E-state index is -4.23. The van der Waals surface area contributed by atoms with Gasteiger partial charge in [-0.1, -0.05) is 0 Å². The molecule has 1 aliphatic heterocycles. The van der Waals surface area contributed by atoms with Crippen LogP contribution >= 0.6 is 0 Å². The Morgan fingerprint density at radius 2 is 1.70 bits per heavy atom. The van der Waals surface area contributed by atoms with Crippen LogP contribution in [0.3, 0.4) is 0 Å². The van der Waals surface area contributed by atoms with Gasteiger partial charge in [-0.15, -0.1) is 0 Å². The first-order valence-electron chi connectivity index (χ1n) is 7.87. The largest absolute Gasteiger partial charge is 0.403 e. The highest BCUT2D eigenvalue weighted by Gasteiger charge is 2.41. The van der Waals surface area contributed by atoms with Crippen molar-refractivity contribution in [2.24, 2.45) is 0 Å². The Labute approximate surface area is 136 Å². The third-order valence-corrected chi connectivity index (χ3v) is 4.34. The smallest absolute Gasteiger partial charge is 0.379 e. The second-order valence-corrected chi connectivity index (χ2v) is 6.76. The Morgan fingerprint density at radius 3 is 2.13 bits per heavy atom. The van der Waals surface area contributed by atoms with Crippen LogP contribution < -0.4 is 5.32 Å². The molecule has 1 fully saturated rings. The highest BCUT2D eigenvalue weighted by atomic mass is 19.4. The molecule has 2 unspecified atom stereocenters. The number of hydrogen-bond acceptors (Lipinski definition) is 3. The van der Waals surface area contributed by atoms with Crippen LogP contribution in [-0.4, -0.2) is 73.0 Å². The summed E-state index contributed by atoms with van der Waals surface area (Å²) in [6, 6.07) is -1.79. The molecule has 2 amide bonds. The highest BCUT2D eigenvalue weighted by molar-refractivity contribution is 5.74. The minimum absolute atomic E-state index is 0.0791.